The maximum Gasteiger partial charge on any atom is 0.0124 e. The summed E-state index contributed by atoms with van der Waals surface area (Å²) in [5.74, 6) is 1.60. The van der Waals surface area contributed by atoms with Gasteiger partial charge in [0.05, 0.1) is 0 Å². The number of benzene rings is 2. The van der Waals surface area contributed by atoms with Crippen molar-refractivity contribution in [1.29, 1.82) is 0 Å². The lowest BCUT2D eigenvalue weighted by atomic mass is 9.59. The first-order chi connectivity index (χ1) is 9.15. The summed E-state index contributed by atoms with van der Waals surface area (Å²) in [5, 5.41) is 0. The van der Waals surface area contributed by atoms with E-state index >= 15 is 0 Å². The zero-order valence-corrected chi connectivity index (χ0v) is 11.6. The molecule has 0 fully saturated rings. The molecular weight excluding hydrogens is 228 g/mol. The average Bonchev–Trinajstić information content (AvgIpc) is 2.38. The van der Waals surface area contributed by atoms with Crippen molar-refractivity contribution in [3.05, 3.63) is 76.7 Å². The molecule has 0 heteroatoms. The maximum absolute atomic E-state index is 4.43. The van der Waals surface area contributed by atoms with Crippen molar-refractivity contribution in [2.24, 2.45) is 5.92 Å². The smallest absolute Gasteiger partial charge is 0.0124 e. The molecule has 95 valence electrons. The van der Waals surface area contributed by atoms with Crippen LogP contribution < -0.4 is 0 Å². The van der Waals surface area contributed by atoms with E-state index in [4.69, 9.17) is 0 Å². The molecule has 0 nitrogen and oxygen atoms in total. The normalized spacial score (nSPS) is 27.0. The van der Waals surface area contributed by atoms with Crippen LogP contribution in [0.2, 0.25) is 0 Å². The number of rotatable bonds is 0. The van der Waals surface area contributed by atoms with Crippen molar-refractivity contribution >= 4 is 0 Å². The van der Waals surface area contributed by atoms with E-state index in [0.29, 0.717) is 17.8 Å². The molecule has 0 spiro atoms. The van der Waals surface area contributed by atoms with Gasteiger partial charge in [-0.1, -0.05) is 47.5 Å². The highest BCUT2D eigenvalue weighted by Gasteiger charge is 2.41. The van der Waals surface area contributed by atoms with Crippen LogP contribution in [0.1, 0.15) is 51.6 Å². The zero-order chi connectivity index (χ0) is 13.1. The van der Waals surface area contributed by atoms with Crippen molar-refractivity contribution in [2.45, 2.75) is 32.1 Å². The zero-order valence-electron chi connectivity index (χ0n) is 11.6. The van der Waals surface area contributed by atoms with Gasteiger partial charge in [-0.3, -0.25) is 0 Å². The highest BCUT2D eigenvalue weighted by molar-refractivity contribution is 5.57. The van der Waals surface area contributed by atoms with E-state index in [1.807, 2.05) is 0 Å². The lowest BCUT2D eigenvalue weighted by molar-refractivity contribution is 0.419. The molecule has 0 N–H and O–H groups in total. The van der Waals surface area contributed by atoms with E-state index < -0.39 is 0 Å². The Morgan fingerprint density at radius 2 is 1.47 bits per heavy atom. The second kappa shape index (κ2) is 3.72. The van der Waals surface area contributed by atoms with E-state index in [-0.39, 0.29) is 0 Å². The quantitative estimate of drug-likeness (QED) is 0.631. The molecule has 2 aromatic rings. The fourth-order valence-corrected chi connectivity index (χ4v) is 4.10. The van der Waals surface area contributed by atoms with Crippen molar-refractivity contribution < 1.29 is 0 Å². The lowest BCUT2D eigenvalue weighted by Gasteiger charge is -2.44. The van der Waals surface area contributed by atoms with Crippen LogP contribution in [0.3, 0.4) is 0 Å². The van der Waals surface area contributed by atoms with Gasteiger partial charge in [-0.05, 0) is 55.4 Å². The molecule has 3 atom stereocenters. The Morgan fingerprint density at radius 1 is 0.842 bits per heavy atom. The van der Waals surface area contributed by atoms with Gasteiger partial charge in [0, 0.05) is 11.8 Å². The van der Waals surface area contributed by atoms with Crippen molar-refractivity contribution in [2.75, 3.05) is 0 Å². The first-order valence-electron chi connectivity index (χ1n) is 7.19. The van der Waals surface area contributed by atoms with Gasteiger partial charge in [0.1, 0.15) is 0 Å². The highest BCUT2D eigenvalue weighted by Crippen LogP contribution is 2.55. The molecule has 0 saturated heterocycles. The van der Waals surface area contributed by atoms with Gasteiger partial charge in [-0.2, -0.15) is 0 Å². The molecular formula is C19H19. The van der Waals surface area contributed by atoms with E-state index in [2.05, 4.69) is 57.2 Å². The molecule has 0 amide bonds. The van der Waals surface area contributed by atoms with Crippen LogP contribution in [0.15, 0.2) is 36.4 Å². The van der Waals surface area contributed by atoms with Crippen LogP contribution >= 0.6 is 0 Å². The predicted octanol–water partition coefficient (Wildman–Crippen LogP) is 4.73. The number of fused-ring (bicyclic) bond motifs is 1. The van der Waals surface area contributed by atoms with Gasteiger partial charge in [0.25, 0.3) is 0 Å². The summed E-state index contributed by atoms with van der Waals surface area (Å²) in [4.78, 5) is 0. The monoisotopic (exact) mass is 247 g/mol. The second-order valence-corrected chi connectivity index (χ2v) is 6.29. The average molecular weight is 247 g/mol. The lowest BCUT2D eigenvalue weighted by Crippen LogP contribution is -2.31. The second-order valence-electron chi connectivity index (χ2n) is 6.29. The first-order valence-corrected chi connectivity index (χ1v) is 7.19. The first kappa shape index (κ1) is 11.3. The summed E-state index contributed by atoms with van der Waals surface area (Å²) in [5.41, 5.74) is 8.91. The Kier molecular flexibility index (Phi) is 2.21. The molecule has 3 aliphatic rings. The third kappa shape index (κ3) is 1.46. The van der Waals surface area contributed by atoms with Crippen LogP contribution in [0, 0.1) is 26.7 Å². The minimum absolute atomic E-state index is 0.510. The maximum atomic E-state index is 4.43. The molecule has 1 radical (unpaired) electrons. The predicted molar refractivity (Wildman–Crippen MR) is 79.5 cm³/mol. The molecule has 0 aromatic heterocycles. The number of aryl methyl sites for hydroxylation is 2. The summed E-state index contributed by atoms with van der Waals surface area (Å²) in [7, 11) is 0. The van der Waals surface area contributed by atoms with Gasteiger partial charge < -0.3 is 0 Å². The van der Waals surface area contributed by atoms with Crippen LogP contribution in [-0.2, 0) is 0 Å². The van der Waals surface area contributed by atoms with E-state index in [0.717, 1.165) is 0 Å². The van der Waals surface area contributed by atoms with Crippen molar-refractivity contribution in [3.8, 4) is 0 Å². The standard InChI is InChI=1S/C19H19/c1-11-5-7-15-16(8-11)17-10-13(3)19(15)18-9-12(2)4-6-14(17)18/h4-9,13,17,19H,3,10H2,1-2H3. The molecule has 2 aromatic carbocycles. The van der Waals surface area contributed by atoms with E-state index in [1.54, 1.807) is 11.1 Å². The van der Waals surface area contributed by atoms with Crippen LogP contribution in [0.5, 0.6) is 0 Å². The molecule has 0 aliphatic heterocycles. The van der Waals surface area contributed by atoms with E-state index in [9.17, 15) is 0 Å². The van der Waals surface area contributed by atoms with Crippen LogP contribution in [0.4, 0.5) is 0 Å². The van der Waals surface area contributed by atoms with Crippen LogP contribution in [-0.4, -0.2) is 0 Å². The fourth-order valence-electron chi connectivity index (χ4n) is 4.10. The molecule has 2 bridgehead atoms. The SMILES string of the molecule is [CH2]C1CC2c3cc(C)ccc3C1c1cc(C)ccc12. The molecule has 5 rings (SSSR count). The molecule has 0 heterocycles. The summed E-state index contributed by atoms with van der Waals surface area (Å²) >= 11 is 0. The van der Waals surface area contributed by atoms with Crippen LogP contribution in [0.25, 0.3) is 0 Å². The summed E-state index contributed by atoms with van der Waals surface area (Å²) in [6, 6.07) is 14.0. The summed E-state index contributed by atoms with van der Waals surface area (Å²) < 4.78 is 0. The highest BCUT2D eigenvalue weighted by atomic mass is 14.4. The molecule has 3 unspecified atom stereocenters. The summed E-state index contributed by atoms with van der Waals surface area (Å²) in [6.45, 7) is 8.82. The van der Waals surface area contributed by atoms with Gasteiger partial charge >= 0.3 is 0 Å². The Labute approximate surface area is 115 Å². The van der Waals surface area contributed by atoms with Gasteiger partial charge in [0.15, 0.2) is 0 Å². The third-order valence-electron chi connectivity index (χ3n) is 4.92. The number of hydrogen-bond donors (Lipinski definition) is 0. The Hall–Kier alpha value is -1.56. The minimum atomic E-state index is 0.510. The van der Waals surface area contributed by atoms with Gasteiger partial charge in [0.2, 0.25) is 0 Å². The molecule has 0 saturated carbocycles. The fraction of sp³-hybridized carbons (Fsp3) is 0.316. The third-order valence-corrected chi connectivity index (χ3v) is 4.92. The number of hydrogen-bond acceptors (Lipinski definition) is 0. The van der Waals surface area contributed by atoms with E-state index in [1.165, 1.54) is 28.7 Å². The Bertz CT molecular complexity index is 666. The Balaban J connectivity index is 2.01. The van der Waals surface area contributed by atoms with Crippen molar-refractivity contribution in [3.63, 3.8) is 0 Å². The summed E-state index contributed by atoms with van der Waals surface area (Å²) in [6.07, 6.45) is 1.21. The van der Waals surface area contributed by atoms with Gasteiger partial charge in [-0.15, -0.1) is 0 Å². The van der Waals surface area contributed by atoms with Gasteiger partial charge in [-0.25, -0.2) is 0 Å². The largest absolute Gasteiger partial charge is 0.0590 e. The van der Waals surface area contributed by atoms with Crippen molar-refractivity contribution in [1.82, 2.24) is 0 Å². The topological polar surface area (TPSA) is 0 Å². The Morgan fingerprint density at radius 3 is 2.21 bits per heavy atom. The molecule has 19 heavy (non-hydrogen) atoms. The minimum Gasteiger partial charge on any atom is -0.0590 e. The molecule has 3 aliphatic carbocycles.